The van der Waals surface area contributed by atoms with Crippen molar-refractivity contribution in [2.24, 2.45) is 5.92 Å². The molecular formula is C17H30N2O. The minimum absolute atomic E-state index is 0.522. The second kappa shape index (κ2) is 8.98. The third-order valence-electron chi connectivity index (χ3n) is 3.66. The van der Waals surface area contributed by atoms with Gasteiger partial charge in [-0.25, -0.2) is 0 Å². The molecule has 1 rings (SSSR count). The van der Waals surface area contributed by atoms with Crippen LogP contribution in [0.1, 0.15) is 32.8 Å². The summed E-state index contributed by atoms with van der Waals surface area (Å²) < 4.78 is 5.27. The molecule has 0 amide bonds. The van der Waals surface area contributed by atoms with E-state index in [9.17, 15) is 0 Å². The summed E-state index contributed by atoms with van der Waals surface area (Å²) in [6, 6.07) is 8.81. The highest BCUT2D eigenvalue weighted by molar-refractivity contribution is 5.28. The predicted molar refractivity (Wildman–Crippen MR) is 86.2 cm³/mol. The Morgan fingerprint density at radius 2 is 2.00 bits per heavy atom. The molecular weight excluding hydrogens is 248 g/mol. The zero-order chi connectivity index (χ0) is 15.0. The molecule has 1 aromatic rings. The molecule has 0 fully saturated rings. The van der Waals surface area contributed by atoms with Gasteiger partial charge in [-0.2, -0.15) is 0 Å². The Labute approximate surface area is 124 Å². The number of nitrogens with zero attached hydrogens (tertiary/aromatic N) is 1. The Balaban J connectivity index is 2.35. The van der Waals surface area contributed by atoms with Gasteiger partial charge in [0.1, 0.15) is 5.75 Å². The maximum atomic E-state index is 5.27. The highest BCUT2D eigenvalue weighted by Gasteiger charge is 2.09. The molecule has 0 aliphatic carbocycles. The van der Waals surface area contributed by atoms with Gasteiger partial charge >= 0.3 is 0 Å². The normalized spacial score (nSPS) is 12.9. The van der Waals surface area contributed by atoms with E-state index in [0.29, 0.717) is 6.04 Å². The van der Waals surface area contributed by atoms with E-state index in [2.05, 4.69) is 50.2 Å². The van der Waals surface area contributed by atoms with Crippen LogP contribution in [0.3, 0.4) is 0 Å². The molecule has 114 valence electrons. The summed E-state index contributed by atoms with van der Waals surface area (Å²) in [6.45, 7) is 9.88. The van der Waals surface area contributed by atoms with Gasteiger partial charge in [0, 0.05) is 19.1 Å². The topological polar surface area (TPSA) is 24.5 Å². The minimum atomic E-state index is 0.522. The highest BCUT2D eigenvalue weighted by atomic mass is 16.5. The third kappa shape index (κ3) is 6.40. The van der Waals surface area contributed by atoms with Crippen molar-refractivity contribution in [2.75, 3.05) is 27.2 Å². The standard InChI is InChI=1S/C17H30N2O/c1-14(2)9-10-18-12-15(3)19(4)13-16-7-6-8-17(11-16)20-5/h6-8,11,14-15,18H,9-10,12-13H2,1-5H3. The van der Waals surface area contributed by atoms with Gasteiger partial charge in [-0.15, -0.1) is 0 Å². The molecule has 0 bridgehead atoms. The fourth-order valence-corrected chi connectivity index (χ4v) is 2.07. The zero-order valence-corrected chi connectivity index (χ0v) is 13.6. The fourth-order valence-electron chi connectivity index (χ4n) is 2.07. The molecule has 3 heteroatoms. The maximum absolute atomic E-state index is 5.27. The molecule has 1 aromatic carbocycles. The first-order valence-corrected chi connectivity index (χ1v) is 7.56. The molecule has 1 atom stereocenters. The first-order chi connectivity index (χ1) is 9.52. The number of benzene rings is 1. The number of ether oxygens (including phenoxy) is 1. The van der Waals surface area contributed by atoms with Crippen molar-refractivity contribution in [1.29, 1.82) is 0 Å². The predicted octanol–water partition coefficient (Wildman–Crippen LogP) is 3.15. The molecule has 0 aliphatic rings. The van der Waals surface area contributed by atoms with Crippen molar-refractivity contribution >= 4 is 0 Å². The smallest absolute Gasteiger partial charge is 0.119 e. The van der Waals surface area contributed by atoms with E-state index in [1.807, 2.05) is 12.1 Å². The number of methoxy groups -OCH3 is 1. The maximum Gasteiger partial charge on any atom is 0.119 e. The van der Waals surface area contributed by atoms with Gasteiger partial charge in [0.25, 0.3) is 0 Å². The Morgan fingerprint density at radius 3 is 2.65 bits per heavy atom. The van der Waals surface area contributed by atoms with Crippen LogP contribution in [0.4, 0.5) is 0 Å². The summed E-state index contributed by atoms with van der Waals surface area (Å²) in [5.74, 6) is 1.70. The second-order valence-corrected chi connectivity index (χ2v) is 6.00. The van der Waals surface area contributed by atoms with Crippen LogP contribution in [0.25, 0.3) is 0 Å². The monoisotopic (exact) mass is 278 g/mol. The summed E-state index contributed by atoms with van der Waals surface area (Å²) in [6.07, 6.45) is 1.24. The largest absolute Gasteiger partial charge is 0.497 e. The summed E-state index contributed by atoms with van der Waals surface area (Å²) in [5, 5.41) is 3.54. The number of hydrogen-bond acceptors (Lipinski definition) is 3. The Bertz CT molecular complexity index is 379. The van der Waals surface area contributed by atoms with Gasteiger partial charge in [-0.3, -0.25) is 4.90 Å². The van der Waals surface area contributed by atoms with Crippen LogP contribution in [0.2, 0.25) is 0 Å². The summed E-state index contributed by atoms with van der Waals surface area (Å²) in [7, 11) is 3.89. The van der Waals surface area contributed by atoms with Gasteiger partial charge in [0.15, 0.2) is 0 Å². The zero-order valence-electron chi connectivity index (χ0n) is 13.6. The van der Waals surface area contributed by atoms with E-state index in [1.54, 1.807) is 7.11 Å². The molecule has 0 saturated heterocycles. The molecule has 1 unspecified atom stereocenters. The molecule has 0 heterocycles. The Kier molecular flexibility index (Phi) is 7.63. The first kappa shape index (κ1) is 17.0. The Hall–Kier alpha value is -1.06. The van der Waals surface area contributed by atoms with Crippen molar-refractivity contribution in [3.63, 3.8) is 0 Å². The molecule has 0 saturated carbocycles. The lowest BCUT2D eigenvalue weighted by molar-refractivity contribution is 0.242. The molecule has 0 aliphatic heterocycles. The van der Waals surface area contributed by atoms with Crippen molar-refractivity contribution in [3.8, 4) is 5.75 Å². The van der Waals surface area contributed by atoms with E-state index in [4.69, 9.17) is 4.74 Å². The third-order valence-corrected chi connectivity index (χ3v) is 3.66. The number of hydrogen-bond donors (Lipinski definition) is 1. The van der Waals surface area contributed by atoms with E-state index < -0.39 is 0 Å². The van der Waals surface area contributed by atoms with Crippen molar-refractivity contribution in [3.05, 3.63) is 29.8 Å². The second-order valence-electron chi connectivity index (χ2n) is 6.00. The van der Waals surface area contributed by atoms with Crippen LogP contribution >= 0.6 is 0 Å². The minimum Gasteiger partial charge on any atom is -0.497 e. The molecule has 0 radical (unpaired) electrons. The first-order valence-electron chi connectivity index (χ1n) is 7.56. The summed E-state index contributed by atoms with van der Waals surface area (Å²) in [5.41, 5.74) is 1.29. The van der Waals surface area contributed by atoms with Crippen LogP contribution in [-0.4, -0.2) is 38.2 Å². The van der Waals surface area contributed by atoms with Gasteiger partial charge < -0.3 is 10.1 Å². The van der Waals surface area contributed by atoms with E-state index in [1.165, 1.54) is 12.0 Å². The molecule has 0 aromatic heterocycles. The fraction of sp³-hybridized carbons (Fsp3) is 0.647. The quantitative estimate of drug-likeness (QED) is 0.702. The van der Waals surface area contributed by atoms with Gasteiger partial charge in [0.2, 0.25) is 0 Å². The Morgan fingerprint density at radius 1 is 1.25 bits per heavy atom. The molecule has 20 heavy (non-hydrogen) atoms. The van der Waals surface area contributed by atoms with Crippen LogP contribution in [0.5, 0.6) is 5.75 Å². The van der Waals surface area contributed by atoms with Crippen molar-refractivity contribution in [1.82, 2.24) is 10.2 Å². The molecule has 3 nitrogen and oxygen atoms in total. The summed E-state index contributed by atoms with van der Waals surface area (Å²) >= 11 is 0. The number of likely N-dealkylation sites (N-methyl/N-ethyl adjacent to an activating group) is 1. The van der Waals surface area contributed by atoms with Gasteiger partial charge in [-0.05, 0) is 50.6 Å². The van der Waals surface area contributed by atoms with Crippen LogP contribution < -0.4 is 10.1 Å². The molecule has 1 N–H and O–H groups in total. The number of rotatable bonds is 9. The van der Waals surface area contributed by atoms with Gasteiger partial charge in [-0.1, -0.05) is 26.0 Å². The van der Waals surface area contributed by atoms with Crippen molar-refractivity contribution < 1.29 is 4.74 Å². The van der Waals surface area contributed by atoms with E-state index in [-0.39, 0.29) is 0 Å². The lowest BCUT2D eigenvalue weighted by atomic mass is 10.1. The van der Waals surface area contributed by atoms with E-state index in [0.717, 1.165) is 31.3 Å². The van der Waals surface area contributed by atoms with E-state index >= 15 is 0 Å². The number of nitrogens with one attached hydrogen (secondary N) is 1. The van der Waals surface area contributed by atoms with Crippen LogP contribution in [0, 0.1) is 5.92 Å². The lowest BCUT2D eigenvalue weighted by Crippen LogP contribution is -2.38. The SMILES string of the molecule is COc1cccc(CN(C)C(C)CNCCC(C)C)c1. The van der Waals surface area contributed by atoms with Gasteiger partial charge in [0.05, 0.1) is 7.11 Å². The lowest BCUT2D eigenvalue weighted by Gasteiger charge is -2.25. The average Bonchev–Trinajstić information content (AvgIpc) is 2.43. The molecule has 0 spiro atoms. The van der Waals surface area contributed by atoms with Crippen molar-refractivity contribution in [2.45, 2.75) is 39.8 Å². The highest BCUT2D eigenvalue weighted by Crippen LogP contribution is 2.14. The summed E-state index contributed by atoms with van der Waals surface area (Å²) in [4.78, 5) is 2.37. The van der Waals surface area contributed by atoms with Crippen LogP contribution in [-0.2, 0) is 6.54 Å². The van der Waals surface area contributed by atoms with Crippen LogP contribution in [0.15, 0.2) is 24.3 Å². The average molecular weight is 278 g/mol.